The second-order valence-electron chi connectivity index (χ2n) is 28.6. The van der Waals surface area contributed by atoms with Crippen molar-refractivity contribution in [3.05, 3.63) is 156 Å². The van der Waals surface area contributed by atoms with Gasteiger partial charge in [0.15, 0.2) is 5.96 Å². The number of nitrogens with zero attached hydrogens (tertiary/aromatic N) is 2. The molecule has 0 fully saturated rings. The molecule has 634 valence electrons. The average Bonchev–Trinajstić information content (AvgIpc) is 1.61. The number of phenolic OH excluding ortho intramolecular Hbond substituents is 1. The molecule has 0 aliphatic heterocycles. The van der Waals surface area contributed by atoms with Crippen molar-refractivity contribution in [3.63, 3.8) is 0 Å². The fraction of sp³-hybridized carbons (Fsp3) is 0.456. The number of aliphatic hydroxyl groups excluding tert-OH is 1. The zero-order chi connectivity index (χ0) is 85.5. The molecule has 2 heterocycles. The number of hydrogen-bond acceptors (Lipinski definition) is 21. The molecule has 38 heteroatoms. The summed E-state index contributed by atoms with van der Waals surface area (Å²) >= 11 is 1.32. The van der Waals surface area contributed by atoms with Gasteiger partial charge >= 0.3 is 0 Å². The number of phenols is 1. The van der Waals surface area contributed by atoms with Crippen molar-refractivity contribution in [3.8, 4) is 5.75 Å². The maximum atomic E-state index is 15.2. The third kappa shape index (κ3) is 32.0. The number of nitrogens with one attached hydrogen (secondary N) is 13. The Labute approximate surface area is 681 Å². The molecule has 0 aliphatic rings. The van der Waals surface area contributed by atoms with Crippen LogP contribution in [0.1, 0.15) is 106 Å². The maximum Gasteiger partial charge on any atom is 0.245 e. The number of aromatic nitrogens is 3. The molecule has 13 amide bonds. The Morgan fingerprint density at radius 2 is 0.897 bits per heavy atom. The zero-order valence-corrected chi connectivity index (χ0v) is 66.6. The van der Waals surface area contributed by atoms with Gasteiger partial charge in [0, 0.05) is 61.9 Å². The molecule has 2 aromatic heterocycles. The van der Waals surface area contributed by atoms with Crippen LogP contribution < -0.4 is 98.6 Å². The van der Waals surface area contributed by atoms with E-state index in [0.29, 0.717) is 65.4 Å². The largest absolute Gasteiger partial charge is 0.508 e. The molecule has 0 unspecified atom stereocenters. The highest BCUT2D eigenvalue weighted by molar-refractivity contribution is 7.98. The lowest BCUT2D eigenvalue weighted by Gasteiger charge is -2.29. The number of carbonyl (C=O) groups is 13. The Balaban J connectivity index is 1.26. The molecule has 6 rings (SSSR count). The predicted octanol–water partition coefficient (Wildman–Crippen LogP) is -3.16. The van der Waals surface area contributed by atoms with E-state index in [-0.39, 0.29) is 100 Å². The van der Waals surface area contributed by atoms with Gasteiger partial charge in [0.05, 0.1) is 31.1 Å². The minimum Gasteiger partial charge on any atom is -0.508 e. The molecule has 4 aromatic carbocycles. The molecular weight excluding hydrogens is 1530 g/mol. The molecule has 0 aliphatic carbocycles. The van der Waals surface area contributed by atoms with E-state index in [9.17, 15) is 53.4 Å². The number of guanidine groups is 1. The maximum absolute atomic E-state index is 15.2. The normalized spacial score (nSPS) is 14.3. The smallest absolute Gasteiger partial charge is 0.245 e. The number of rotatable bonds is 52. The molecule has 0 spiro atoms. The highest BCUT2D eigenvalue weighted by Gasteiger charge is 2.38. The molecule has 117 heavy (non-hydrogen) atoms. The van der Waals surface area contributed by atoms with E-state index in [0.717, 1.165) is 0 Å². The fourth-order valence-corrected chi connectivity index (χ4v) is 13.0. The number of amides is 13. The topological polar surface area (TPSA) is 634 Å². The lowest BCUT2D eigenvalue weighted by Crippen LogP contribution is -2.62. The van der Waals surface area contributed by atoms with Crippen LogP contribution in [0.15, 0.2) is 133 Å². The lowest BCUT2D eigenvalue weighted by atomic mass is 10.00. The van der Waals surface area contributed by atoms with Crippen LogP contribution in [0.25, 0.3) is 10.9 Å². The number of aliphatic hydroxyl groups is 1. The number of nitrogens with two attached hydrogens (primary N) is 7. The number of primary amides is 2. The SMILES string of the molecule is CSCC[C@H](NC(=O)[C@@H](NC(=O)[C@H](Cc1ccc(O)cc1)NC(=O)[C@@H](N)CCCCN)C(C)C)C(=O)N[C@@H](CO)C(=O)N[C@@H](Cc1c[nH]cn1)C(=O)N[C@@H](Cc1ccccc1)C(=O)N[C@@H](CCCN=C(N)N)C(=O)N[C@@H](Cc1c[nH]c2ccccc12)C(=O)N[C@@H](CC(N)=O)C(=O)N[C@@H](CCCCN)C(=O)N[C@@H](Cc1ccccc1)C(N)=O. The molecule has 12 atom stereocenters. The summed E-state index contributed by atoms with van der Waals surface area (Å²) in [5, 5.41) is 50.4. The van der Waals surface area contributed by atoms with E-state index in [1.165, 1.54) is 36.4 Å². The molecule has 37 nitrogen and oxygen atoms in total. The van der Waals surface area contributed by atoms with Gasteiger partial charge in [-0.3, -0.25) is 67.3 Å². The fourth-order valence-electron chi connectivity index (χ4n) is 12.5. The van der Waals surface area contributed by atoms with Crippen molar-refractivity contribution in [2.24, 2.45) is 51.0 Å². The summed E-state index contributed by atoms with van der Waals surface area (Å²) in [6.45, 7) is 2.75. The van der Waals surface area contributed by atoms with Gasteiger partial charge < -0.3 is 119 Å². The van der Waals surface area contributed by atoms with Gasteiger partial charge in [0.25, 0.3) is 0 Å². The van der Waals surface area contributed by atoms with E-state index in [2.05, 4.69) is 78.4 Å². The summed E-state index contributed by atoms with van der Waals surface area (Å²) in [6.07, 6.45) is 6.13. The number of thioether (sulfide) groups is 1. The third-order valence-corrected chi connectivity index (χ3v) is 19.7. The van der Waals surface area contributed by atoms with Gasteiger partial charge in [-0.2, -0.15) is 11.8 Å². The quantitative estimate of drug-likeness (QED) is 0.0102. The molecule has 0 saturated carbocycles. The number of H-pyrrole nitrogens is 2. The van der Waals surface area contributed by atoms with Crippen LogP contribution >= 0.6 is 11.8 Å². The van der Waals surface area contributed by atoms with Crippen molar-refractivity contribution in [2.45, 2.75) is 183 Å². The lowest BCUT2D eigenvalue weighted by molar-refractivity contribution is -0.137. The first kappa shape index (κ1) is 93.9. The second-order valence-corrected chi connectivity index (χ2v) is 29.6. The van der Waals surface area contributed by atoms with Crippen LogP contribution in [0.4, 0.5) is 0 Å². The highest BCUT2D eigenvalue weighted by Crippen LogP contribution is 2.21. The number of para-hydroxylation sites is 1. The van der Waals surface area contributed by atoms with Crippen molar-refractivity contribution in [1.82, 2.24) is 73.4 Å². The van der Waals surface area contributed by atoms with E-state index >= 15 is 19.2 Å². The van der Waals surface area contributed by atoms with E-state index < -0.39 is 168 Å². The zero-order valence-electron chi connectivity index (χ0n) is 65.8. The molecular formula is C79H112N22O15S. The Morgan fingerprint density at radius 3 is 1.42 bits per heavy atom. The van der Waals surface area contributed by atoms with Gasteiger partial charge in [-0.25, -0.2) is 4.98 Å². The summed E-state index contributed by atoms with van der Waals surface area (Å²) < 4.78 is 0. The van der Waals surface area contributed by atoms with Crippen LogP contribution in [0.3, 0.4) is 0 Å². The number of aliphatic imine (C=N–C) groups is 1. The summed E-state index contributed by atoms with van der Waals surface area (Å²) in [5.41, 5.74) is 43.5. The minimum absolute atomic E-state index is 0.00415. The molecule has 0 bridgehead atoms. The van der Waals surface area contributed by atoms with Crippen molar-refractivity contribution in [2.75, 3.05) is 38.2 Å². The van der Waals surface area contributed by atoms with Crippen LogP contribution in [0.2, 0.25) is 0 Å². The summed E-state index contributed by atoms with van der Waals surface area (Å²) in [7, 11) is 0. The van der Waals surface area contributed by atoms with Gasteiger partial charge in [0.1, 0.15) is 72.2 Å². The minimum atomic E-state index is -1.81. The number of aromatic amines is 2. The van der Waals surface area contributed by atoms with E-state index in [4.69, 9.17) is 40.1 Å². The number of fused-ring (bicyclic) bond motifs is 1. The van der Waals surface area contributed by atoms with Crippen LogP contribution in [-0.2, 0) is 94.4 Å². The molecule has 29 N–H and O–H groups in total. The third-order valence-electron chi connectivity index (χ3n) is 19.0. The van der Waals surface area contributed by atoms with Crippen molar-refractivity contribution >= 4 is 105 Å². The van der Waals surface area contributed by atoms with Gasteiger partial charge in [-0.15, -0.1) is 0 Å². The Bertz CT molecular complexity index is 4270. The van der Waals surface area contributed by atoms with Crippen molar-refractivity contribution in [1.29, 1.82) is 0 Å². The summed E-state index contributed by atoms with van der Waals surface area (Å²) in [4.78, 5) is 200. The van der Waals surface area contributed by atoms with E-state index in [1.807, 2.05) is 0 Å². The number of hydrogen-bond donors (Lipinski definition) is 22. The number of benzene rings is 4. The van der Waals surface area contributed by atoms with E-state index in [1.54, 1.807) is 123 Å². The van der Waals surface area contributed by atoms with Gasteiger partial charge in [0.2, 0.25) is 76.8 Å². The van der Waals surface area contributed by atoms with Crippen LogP contribution in [0.5, 0.6) is 5.75 Å². The second kappa shape index (κ2) is 49.0. The average molecular weight is 1640 g/mol. The standard InChI is InChI=1S/C79H112N22O15S/c1-45(2)66(101-76(114)60(37-48-26-28-51(103)29-27-48)95-68(106)53(82)22-12-14-31-80)78(116)93-57(30-34-117-3)71(109)100-64(43-102)77(115)98-62(39-50-42-87-44-90-50)74(112)96-59(36-47-19-8-5-9-20-47)72(110)92-56(25-16-33-88-79(85)86)70(108)97-61(38-49-41-89-54-23-11-10-21-52(49)54)73(111)99-63(40-65(83)104)75(113)91-55(24-13-15-32-81)69(107)94-58(67(84)105)35-46-17-6-4-7-18-46/h4-11,17-21,23,26-29,41-42,44-45,53,55-64,66,89,102-103H,12-16,22,24-25,30-40,43,80-82H2,1-3H3,(H2,83,104)(H2,84,105)(H,87,90)(H,91,113)(H,92,110)(H,93,116)(H,94,107)(H,95,106)(H,96,112)(H,97,108)(H,98,115)(H,99,111)(H,100,109)(H,101,114)(H4,85,86,88)/t53-,55-,56-,57-,58-,59-,60-,61-,62-,63-,64-,66-/m0/s1. The van der Waals surface area contributed by atoms with Crippen molar-refractivity contribution < 1.29 is 72.5 Å². The molecule has 0 saturated heterocycles. The number of aromatic hydroxyl groups is 1. The number of unbranched alkanes of at least 4 members (excludes halogenated alkanes) is 2. The van der Waals surface area contributed by atoms with Crippen LogP contribution in [0, 0.1) is 5.92 Å². The summed E-state index contributed by atoms with van der Waals surface area (Å²) in [6, 6.07) is 12.3. The predicted molar refractivity (Wildman–Crippen MR) is 439 cm³/mol. The first-order chi connectivity index (χ1) is 56.0. The van der Waals surface area contributed by atoms with Crippen LogP contribution in [-0.4, -0.2) is 219 Å². The highest BCUT2D eigenvalue weighted by atomic mass is 32.2. The first-order valence-corrected chi connectivity index (χ1v) is 40.0. The Morgan fingerprint density at radius 1 is 0.462 bits per heavy atom. The number of carbonyl (C=O) groups excluding carboxylic acids is 13. The first-order valence-electron chi connectivity index (χ1n) is 38.6. The van der Waals surface area contributed by atoms with Gasteiger partial charge in [-0.05, 0) is 123 Å². The Kier molecular flexibility index (Phi) is 39.3. The molecule has 6 aromatic rings. The molecule has 0 radical (unpaired) electrons. The summed E-state index contributed by atoms with van der Waals surface area (Å²) in [5.74, 6) is -12.8. The Hall–Kier alpha value is -12.0. The van der Waals surface area contributed by atoms with Gasteiger partial charge in [-0.1, -0.05) is 111 Å². The number of imidazole rings is 1. The monoisotopic (exact) mass is 1640 g/mol.